The van der Waals surface area contributed by atoms with E-state index in [1.165, 1.54) is 0 Å². The molecule has 0 bridgehead atoms. The number of furan rings is 1. The molecule has 136 valence electrons. The lowest BCUT2D eigenvalue weighted by atomic mass is 10.1. The van der Waals surface area contributed by atoms with Crippen molar-refractivity contribution in [2.45, 2.75) is 33.2 Å². The highest BCUT2D eigenvalue weighted by molar-refractivity contribution is 5.99. The Bertz CT molecular complexity index is 932. The zero-order chi connectivity index (χ0) is 18.5. The number of aromatic nitrogens is 2. The van der Waals surface area contributed by atoms with Crippen molar-refractivity contribution < 1.29 is 9.15 Å². The number of hydrogen-bond donors (Lipinski definition) is 1. The van der Waals surface area contributed by atoms with Gasteiger partial charge in [-0.3, -0.25) is 14.9 Å². The van der Waals surface area contributed by atoms with Gasteiger partial charge in [-0.25, -0.2) is 4.68 Å². The number of benzene rings is 1. The Balaban J connectivity index is 1.99. The molecule has 26 heavy (non-hydrogen) atoms. The Morgan fingerprint density at radius 3 is 2.65 bits per heavy atom. The first-order chi connectivity index (χ1) is 12.6. The van der Waals surface area contributed by atoms with Crippen molar-refractivity contribution in [1.82, 2.24) is 9.78 Å². The molecule has 0 unspecified atom stereocenters. The minimum atomic E-state index is -0.0979. The maximum Gasteiger partial charge on any atom is 0.280 e. The van der Waals surface area contributed by atoms with Gasteiger partial charge in [0.1, 0.15) is 11.5 Å². The monoisotopic (exact) mass is 353 g/mol. The van der Waals surface area contributed by atoms with E-state index >= 15 is 0 Å². The van der Waals surface area contributed by atoms with E-state index in [4.69, 9.17) is 9.15 Å². The summed E-state index contributed by atoms with van der Waals surface area (Å²) in [5.41, 5.74) is 2.90. The van der Waals surface area contributed by atoms with E-state index in [-0.39, 0.29) is 5.56 Å². The molecule has 0 spiro atoms. The first-order valence-electron chi connectivity index (χ1n) is 8.66. The van der Waals surface area contributed by atoms with Crippen LogP contribution in [0.2, 0.25) is 0 Å². The van der Waals surface area contributed by atoms with Gasteiger partial charge >= 0.3 is 0 Å². The number of hydrogen-bond acceptors (Lipinski definition) is 4. The fourth-order valence-corrected chi connectivity index (χ4v) is 2.88. The van der Waals surface area contributed by atoms with Crippen LogP contribution in [0.4, 0.5) is 0 Å². The molecular formula is C20H23N3O3. The largest absolute Gasteiger partial charge is 0.497 e. The van der Waals surface area contributed by atoms with Crippen LogP contribution in [0.15, 0.2) is 56.9 Å². The van der Waals surface area contributed by atoms with Crippen LogP contribution < -0.4 is 10.3 Å². The van der Waals surface area contributed by atoms with Gasteiger partial charge in [0.15, 0.2) is 0 Å². The van der Waals surface area contributed by atoms with Crippen LogP contribution in [0.5, 0.6) is 5.75 Å². The third-order valence-corrected chi connectivity index (χ3v) is 4.21. The summed E-state index contributed by atoms with van der Waals surface area (Å²) < 4.78 is 12.1. The Labute approximate surface area is 152 Å². The summed E-state index contributed by atoms with van der Waals surface area (Å²) in [6.07, 6.45) is 3.33. The summed E-state index contributed by atoms with van der Waals surface area (Å²) in [5.74, 6) is 1.52. The van der Waals surface area contributed by atoms with Crippen LogP contribution in [0.25, 0.3) is 5.69 Å². The Morgan fingerprint density at radius 1 is 1.27 bits per heavy atom. The van der Waals surface area contributed by atoms with Crippen LogP contribution in [0.3, 0.4) is 0 Å². The van der Waals surface area contributed by atoms with Gasteiger partial charge in [-0.15, -0.1) is 0 Å². The van der Waals surface area contributed by atoms with Gasteiger partial charge in [-0.05, 0) is 49.7 Å². The number of aliphatic imine (C=N–C) groups is 1. The molecule has 0 atom stereocenters. The number of rotatable bonds is 7. The average molecular weight is 353 g/mol. The van der Waals surface area contributed by atoms with Crippen molar-refractivity contribution >= 4 is 5.71 Å². The number of methoxy groups -OCH3 is 1. The molecule has 0 fully saturated rings. The van der Waals surface area contributed by atoms with Crippen molar-refractivity contribution in [3.05, 3.63) is 70.0 Å². The lowest BCUT2D eigenvalue weighted by Crippen LogP contribution is -2.19. The summed E-state index contributed by atoms with van der Waals surface area (Å²) >= 11 is 0. The highest BCUT2D eigenvalue weighted by Crippen LogP contribution is 2.15. The van der Waals surface area contributed by atoms with Crippen molar-refractivity contribution in [1.29, 1.82) is 0 Å². The quantitative estimate of drug-likeness (QED) is 0.658. The normalized spacial score (nSPS) is 11.7. The number of H-pyrrole nitrogens is 1. The molecule has 3 rings (SSSR count). The van der Waals surface area contributed by atoms with Crippen molar-refractivity contribution in [2.75, 3.05) is 7.11 Å². The maximum atomic E-state index is 13.0. The van der Waals surface area contributed by atoms with Gasteiger partial charge < -0.3 is 9.15 Å². The lowest BCUT2D eigenvalue weighted by molar-refractivity contribution is 0.414. The molecule has 6 nitrogen and oxygen atoms in total. The van der Waals surface area contributed by atoms with Gasteiger partial charge in [0.2, 0.25) is 0 Å². The van der Waals surface area contributed by atoms with Crippen LogP contribution in [0, 0.1) is 0 Å². The molecule has 3 aromatic rings. The number of nitrogens with zero attached hydrogens (tertiary/aromatic N) is 2. The van der Waals surface area contributed by atoms with E-state index in [1.54, 1.807) is 18.1 Å². The number of aromatic amines is 1. The molecule has 0 saturated heterocycles. The second-order valence-electron chi connectivity index (χ2n) is 6.03. The summed E-state index contributed by atoms with van der Waals surface area (Å²) in [6.45, 7) is 4.37. The minimum Gasteiger partial charge on any atom is -0.497 e. The zero-order valence-electron chi connectivity index (χ0n) is 15.3. The molecule has 0 radical (unpaired) electrons. The Kier molecular flexibility index (Phi) is 5.41. The Hall–Kier alpha value is -3.02. The van der Waals surface area contributed by atoms with Crippen LogP contribution >= 0.6 is 0 Å². The van der Waals surface area contributed by atoms with Crippen LogP contribution in [-0.2, 0) is 13.0 Å². The van der Waals surface area contributed by atoms with Crippen molar-refractivity contribution in [2.24, 2.45) is 4.99 Å². The van der Waals surface area contributed by atoms with Crippen molar-refractivity contribution in [3.8, 4) is 11.4 Å². The van der Waals surface area contributed by atoms with E-state index in [9.17, 15) is 4.79 Å². The van der Waals surface area contributed by atoms with E-state index < -0.39 is 0 Å². The zero-order valence-corrected chi connectivity index (χ0v) is 15.3. The highest BCUT2D eigenvalue weighted by atomic mass is 16.5. The fourth-order valence-electron chi connectivity index (χ4n) is 2.88. The summed E-state index contributed by atoms with van der Waals surface area (Å²) in [6, 6.07) is 11.1. The van der Waals surface area contributed by atoms with Crippen LogP contribution in [-0.4, -0.2) is 22.6 Å². The SMILES string of the molecule is CCCc1[nH]n(-c2ccc(OC)cc2)c(=O)c1C(C)=NCc1ccco1. The van der Waals surface area contributed by atoms with Gasteiger partial charge in [0.25, 0.3) is 5.56 Å². The molecule has 1 aromatic carbocycles. The second kappa shape index (κ2) is 7.91. The molecular weight excluding hydrogens is 330 g/mol. The molecule has 0 saturated carbocycles. The average Bonchev–Trinajstić information content (AvgIpc) is 3.28. The molecule has 6 heteroatoms. The number of aryl methyl sites for hydroxylation is 1. The molecule has 0 aliphatic rings. The maximum absolute atomic E-state index is 13.0. The summed E-state index contributed by atoms with van der Waals surface area (Å²) in [4.78, 5) is 17.6. The number of nitrogens with one attached hydrogen (secondary N) is 1. The fraction of sp³-hybridized carbons (Fsp3) is 0.300. The molecule has 2 aromatic heterocycles. The van der Waals surface area contributed by atoms with Gasteiger partial charge in [0, 0.05) is 11.4 Å². The van der Waals surface area contributed by atoms with E-state index in [2.05, 4.69) is 17.0 Å². The topological polar surface area (TPSA) is 72.5 Å². The van der Waals surface area contributed by atoms with Gasteiger partial charge in [0.05, 0.1) is 31.2 Å². The van der Waals surface area contributed by atoms with Crippen LogP contribution in [0.1, 0.15) is 37.3 Å². The third-order valence-electron chi connectivity index (χ3n) is 4.21. The van der Waals surface area contributed by atoms with Gasteiger partial charge in [-0.2, -0.15) is 0 Å². The smallest absolute Gasteiger partial charge is 0.280 e. The summed E-state index contributed by atoms with van der Waals surface area (Å²) in [7, 11) is 1.62. The first-order valence-corrected chi connectivity index (χ1v) is 8.66. The standard InChI is InChI=1S/C20H23N3O3/c1-4-6-18-19(14(2)21-13-17-7-5-12-26-17)20(24)23(22-18)15-8-10-16(25-3)11-9-15/h5,7-12,22H,4,6,13H2,1-3H3. The van der Waals surface area contributed by atoms with E-state index in [0.29, 0.717) is 17.8 Å². The molecule has 2 heterocycles. The first kappa shape index (κ1) is 17.8. The number of ether oxygens (including phenoxy) is 1. The lowest BCUT2D eigenvalue weighted by Gasteiger charge is -2.03. The minimum absolute atomic E-state index is 0.0979. The second-order valence-corrected chi connectivity index (χ2v) is 6.03. The molecule has 1 N–H and O–H groups in total. The molecule has 0 amide bonds. The van der Waals surface area contributed by atoms with E-state index in [1.807, 2.05) is 43.3 Å². The highest BCUT2D eigenvalue weighted by Gasteiger charge is 2.17. The van der Waals surface area contributed by atoms with Crippen molar-refractivity contribution in [3.63, 3.8) is 0 Å². The van der Waals surface area contributed by atoms with E-state index in [0.717, 1.165) is 35.7 Å². The summed E-state index contributed by atoms with van der Waals surface area (Å²) in [5, 5.41) is 3.24. The third kappa shape index (κ3) is 3.64. The van der Waals surface area contributed by atoms with Gasteiger partial charge in [-0.1, -0.05) is 13.3 Å². The molecule has 0 aliphatic heterocycles. The Morgan fingerprint density at radius 2 is 2.04 bits per heavy atom. The molecule has 0 aliphatic carbocycles. The predicted octanol–water partition coefficient (Wildman–Crippen LogP) is 3.73. The predicted molar refractivity (Wildman–Crippen MR) is 102 cm³/mol.